The molecule has 162 valence electrons. The first-order valence-electron chi connectivity index (χ1n) is 10.3. The number of hydrogen-bond donors (Lipinski definition) is 1. The number of methoxy groups -OCH3 is 2. The molecule has 0 aliphatic heterocycles. The number of carbonyl (C=O) groups is 1. The fourth-order valence-electron chi connectivity index (χ4n) is 3.40. The zero-order valence-electron chi connectivity index (χ0n) is 17.9. The number of nitrogens with one attached hydrogen (secondary N) is 1. The minimum Gasteiger partial charge on any atom is -0.497 e. The van der Waals surface area contributed by atoms with Gasteiger partial charge in [-0.3, -0.25) is 4.79 Å². The minimum absolute atomic E-state index is 0.0913. The van der Waals surface area contributed by atoms with Crippen molar-refractivity contribution in [2.75, 3.05) is 20.0 Å². The standard InChI is InChI=1S/C23H26N4O3S/c1-15(19-13-18(29-2)11-12-20(19)30-3)24-21(28)14-31-23-25-22(16-9-10-16)27(26-23)17-7-5-4-6-8-17/h4-8,11-13,15-16H,9-10,14H2,1-3H3,(H,24,28). The maximum atomic E-state index is 12.6. The molecule has 1 atom stereocenters. The number of carbonyl (C=O) groups excluding carboxylic acids is 1. The maximum absolute atomic E-state index is 12.6. The molecule has 31 heavy (non-hydrogen) atoms. The molecule has 3 aromatic rings. The van der Waals surface area contributed by atoms with E-state index in [9.17, 15) is 4.79 Å². The average molecular weight is 439 g/mol. The van der Waals surface area contributed by atoms with Crippen molar-refractivity contribution in [3.05, 3.63) is 59.9 Å². The lowest BCUT2D eigenvalue weighted by atomic mass is 10.1. The van der Waals surface area contributed by atoms with E-state index in [1.165, 1.54) is 11.8 Å². The normalized spacial score (nSPS) is 14.2. The van der Waals surface area contributed by atoms with Crippen molar-refractivity contribution in [1.29, 1.82) is 0 Å². The number of thioether (sulfide) groups is 1. The summed E-state index contributed by atoms with van der Waals surface area (Å²) in [6.07, 6.45) is 2.27. The van der Waals surface area contributed by atoms with Crippen LogP contribution in [0.5, 0.6) is 11.5 Å². The lowest BCUT2D eigenvalue weighted by molar-refractivity contribution is -0.119. The zero-order valence-corrected chi connectivity index (χ0v) is 18.7. The SMILES string of the molecule is COc1ccc(OC)c(C(C)NC(=O)CSc2nc(C3CC3)n(-c3ccccc3)n2)c1. The van der Waals surface area contributed by atoms with Gasteiger partial charge in [-0.15, -0.1) is 5.10 Å². The number of benzene rings is 2. The number of aromatic nitrogens is 3. The summed E-state index contributed by atoms with van der Waals surface area (Å²) in [6, 6.07) is 15.3. The lowest BCUT2D eigenvalue weighted by Gasteiger charge is -2.18. The van der Waals surface area contributed by atoms with Crippen molar-refractivity contribution in [3.8, 4) is 17.2 Å². The van der Waals surface area contributed by atoms with Gasteiger partial charge in [-0.1, -0.05) is 30.0 Å². The Balaban J connectivity index is 1.41. The Morgan fingerprint density at radius 3 is 2.65 bits per heavy atom. The quantitative estimate of drug-likeness (QED) is 0.506. The topological polar surface area (TPSA) is 78.3 Å². The van der Waals surface area contributed by atoms with E-state index in [2.05, 4.69) is 10.4 Å². The van der Waals surface area contributed by atoms with Crippen LogP contribution in [0.4, 0.5) is 0 Å². The molecule has 4 rings (SSSR count). The summed E-state index contributed by atoms with van der Waals surface area (Å²) >= 11 is 1.35. The van der Waals surface area contributed by atoms with Crippen molar-refractivity contribution >= 4 is 17.7 Å². The molecule has 8 heteroatoms. The largest absolute Gasteiger partial charge is 0.497 e. The average Bonchev–Trinajstić information content (AvgIpc) is 3.56. The molecule has 1 aromatic heterocycles. The predicted molar refractivity (Wildman–Crippen MR) is 120 cm³/mol. The highest BCUT2D eigenvalue weighted by Crippen LogP contribution is 2.40. The van der Waals surface area contributed by atoms with Crippen LogP contribution in [-0.4, -0.2) is 40.6 Å². The zero-order chi connectivity index (χ0) is 21.8. The van der Waals surface area contributed by atoms with Gasteiger partial charge in [0, 0.05) is 11.5 Å². The van der Waals surface area contributed by atoms with Crippen molar-refractivity contribution in [2.24, 2.45) is 0 Å². The van der Waals surface area contributed by atoms with Gasteiger partial charge in [-0.2, -0.15) is 0 Å². The molecule has 1 amide bonds. The van der Waals surface area contributed by atoms with E-state index in [0.29, 0.717) is 16.8 Å². The van der Waals surface area contributed by atoms with Gasteiger partial charge in [0.15, 0.2) is 0 Å². The van der Waals surface area contributed by atoms with Crippen LogP contribution in [0.15, 0.2) is 53.7 Å². The molecule has 1 N–H and O–H groups in total. The molecule has 1 fully saturated rings. The van der Waals surface area contributed by atoms with E-state index in [-0.39, 0.29) is 17.7 Å². The Hall–Kier alpha value is -3.00. The van der Waals surface area contributed by atoms with E-state index in [0.717, 1.165) is 35.7 Å². The molecule has 1 aliphatic rings. The maximum Gasteiger partial charge on any atom is 0.230 e. The van der Waals surface area contributed by atoms with Crippen molar-refractivity contribution in [2.45, 2.75) is 36.9 Å². The molecule has 0 radical (unpaired) electrons. The molecule has 2 aromatic carbocycles. The van der Waals surface area contributed by atoms with E-state index < -0.39 is 0 Å². The van der Waals surface area contributed by atoms with E-state index in [4.69, 9.17) is 14.5 Å². The molecule has 1 unspecified atom stereocenters. The monoisotopic (exact) mass is 438 g/mol. The molecular weight excluding hydrogens is 412 g/mol. The summed E-state index contributed by atoms with van der Waals surface area (Å²) < 4.78 is 12.6. The van der Waals surface area contributed by atoms with Gasteiger partial charge < -0.3 is 14.8 Å². The van der Waals surface area contributed by atoms with Gasteiger partial charge in [0.05, 0.1) is 31.7 Å². The second-order valence-corrected chi connectivity index (χ2v) is 8.40. The smallest absolute Gasteiger partial charge is 0.230 e. The van der Waals surface area contributed by atoms with Crippen LogP contribution < -0.4 is 14.8 Å². The van der Waals surface area contributed by atoms with E-state index in [1.54, 1.807) is 14.2 Å². The van der Waals surface area contributed by atoms with Gasteiger partial charge in [-0.25, -0.2) is 9.67 Å². The van der Waals surface area contributed by atoms with Crippen LogP contribution in [0.25, 0.3) is 5.69 Å². The third-order valence-corrected chi connectivity index (χ3v) is 6.01. The highest BCUT2D eigenvalue weighted by molar-refractivity contribution is 7.99. The first-order chi connectivity index (χ1) is 15.1. The Bertz CT molecular complexity index is 1050. The Morgan fingerprint density at radius 1 is 1.19 bits per heavy atom. The van der Waals surface area contributed by atoms with Crippen LogP contribution in [0, 0.1) is 0 Å². The van der Waals surface area contributed by atoms with Crippen molar-refractivity contribution in [3.63, 3.8) is 0 Å². The molecule has 0 saturated heterocycles. The summed E-state index contributed by atoms with van der Waals surface area (Å²) in [5.41, 5.74) is 1.86. The van der Waals surface area contributed by atoms with Gasteiger partial charge >= 0.3 is 0 Å². The summed E-state index contributed by atoms with van der Waals surface area (Å²) in [7, 11) is 3.23. The van der Waals surface area contributed by atoms with Crippen LogP contribution >= 0.6 is 11.8 Å². The predicted octanol–water partition coefficient (Wildman–Crippen LogP) is 4.13. The van der Waals surface area contributed by atoms with Gasteiger partial charge in [0.2, 0.25) is 11.1 Å². The van der Waals surface area contributed by atoms with Gasteiger partial charge in [0.1, 0.15) is 17.3 Å². The Labute approximate surface area is 186 Å². The van der Waals surface area contributed by atoms with Gasteiger partial charge in [-0.05, 0) is 50.1 Å². The Kier molecular flexibility index (Phi) is 6.46. The number of rotatable bonds is 9. The fourth-order valence-corrected chi connectivity index (χ4v) is 4.04. The van der Waals surface area contributed by atoms with Crippen LogP contribution in [0.3, 0.4) is 0 Å². The van der Waals surface area contributed by atoms with E-state index in [1.807, 2.05) is 60.1 Å². The highest BCUT2D eigenvalue weighted by atomic mass is 32.2. The van der Waals surface area contributed by atoms with Crippen LogP contribution in [0.2, 0.25) is 0 Å². The van der Waals surface area contributed by atoms with Crippen molar-refractivity contribution in [1.82, 2.24) is 20.1 Å². The third kappa shape index (κ3) is 5.02. The summed E-state index contributed by atoms with van der Waals surface area (Å²) in [5, 5.41) is 8.29. The van der Waals surface area contributed by atoms with Gasteiger partial charge in [0.25, 0.3) is 0 Å². The molecule has 0 spiro atoms. The minimum atomic E-state index is -0.227. The highest BCUT2D eigenvalue weighted by Gasteiger charge is 2.30. The summed E-state index contributed by atoms with van der Waals surface area (Å²) in [5.74, 6) is 3.00. The lowest BCUT2D eigenvalue weighted by Crippen LogP contribution is -2.28. The Morgan fingerprint density at radius 2 is 1.97 bits per heavy atom. The van der Waals surface area contributed by atoms with Crippen LogP contribution in [0.1, 0.15) is 43.1 Å². The molecular formula is C23H26N4O3S. The first kappa shape index (κ1) is 21.2. The molecule has 7 nitrogen and oxygen atoms in total. The second-order valence-electron chi connectivity index (χ2n) is 7.46. The van der Waals surface area contributed by atoms with E-state index >= 15 is 0 Å². The molecule has 0 bridgehead atoms. The first-order valence-corrected chi connectivity index (χ1v) is 11.2. The number of hydrogen-bond acceptors (Lipinski definition) is 6. The summed E-state index contributed by atoms with van der Waals surface area (Å²) in [4.78, 5) is 17.3. The second kappa shape index (κ2) is 9.43. The van der Waals surface area contributed by atoms with Crippen LogP contribution in [-0.2, 0) is 4.79 Å². The molecule has 1 saturated carbocycles. The number of para-hydroxylation sites is 1. The summed E-state index contributed by atoms with van der Waals surface area (Å²) in [6.45, 7) is 1.92. The molecule has 1 heterocycles. The fraction of sp³-hybridized carbons (Fsp3) is 0.348. The third-order valence-electron chi connectivity index (χ3n) is 5.17. The number of amides is 1. The number of nitrogens with zero attached hydrogens (tertiary/aromatic N) is 3. The van der Waals surface area contributed by atoms with Crippen molar-refractivity contribution < 1.29 is 14.3 Å². The molecule has 1 aliphatic carbocycles. The number of ether oxygens (including phenoxy) is 2.